The van der Waals surface area contributed by atoms with Crippen molar-refractivity contribution in [3.63, 3.8) is 0 Å². The molecular weight excluding hydrogens is 280 g/mol. The molecule has 0 unspecified atom stereocenters. The van der Waals surface area contributed by atoms with Gasteiger partial charge in [0.2, 0.25) is 0 Å². The molecule has 1 N–H and O–H groups in total. The van der Waals surface area contributed by atoms with Crippen LogP contribution in [-0.2, 0) is 13.5 Å². The zero-order valence-electron chi connectivity index (χ0n) is 11.3. The molecule has 7 heteroatoms. The van der Waals surface area contributed by atoms with E-state index in [0.717, 1.165) is 23.4 Å². The van der Waals surface area contributed by atoms with Crippen molar-refractivity contribution in [2.75, 3.05) is 11.9 Å². The molecule has 0 spiro atoms. The molecule has 2 aromatic rings. The average Bonchev–Trinajstić information content (AvgIpc) is 2.78. The van der Waals surface area contributed by atoms with E-state index in [0.29, 0.717) is 6.54 Å². The van der Waals surface area contributed by atoms with Crippen LogP contribution < -0.4 is 5.32 Å². The Morgan fingerprint density at radius 3 is 2.85 bits per heavy atom. The van der Waals surface area contributed by atoms with Crippen molar-refractivity contribution in [3.05, 3.63) is 50.8 Å². The van der Waals surface area contributed by atoms with Crippen LogP contribution in [0.4, 0.5) is 11.4 Å². The third kappa shape index (κ3) is 3.08. The third-order valence-corrected chi connectivity index (χ3v) is 3.41. The zero-order chi connectivity index (χ0) is 14.7. The summed E-state index contributed by atoms with van der Waals surface area (Å²) in [6.45, 7) is 2.52. The fraction of sp³-hybridized carbons (Fsp3) is 0.308. The number of nitro benzene ring substituents is 1. The molecule has 6 nitrogen and oxygen atoms in total. The summed E-state index contributed by atoms with van der Waals surface area (Å²) >= 11 is 5.90. The van der Waals surface area contributed by atoms with Crippen molar-refractivity contribution >= 4 is 23.0 Å². The molecule has 0 atom stereocenters. The lowest BCUT2D eigenvalue weighted by Crippen LogP contribution is -2.09. The van der Waals surface area contributed by atoms with E-state index in [1.165, 1.54) is 6.07 Å². The molecule has 0 aliphatic carbocycles. The van der Waals surface area contributed by atoms with Crippen LogP contribution >= 0.6 is 11.6 Å². The van der Waals surface area contributed by atoms with E-state index in [1.807, 2.05) is 24.7 Å². The van der Waals surface area contributed by atoms with Crippen LogP contribution in [-0.4, -0.2) is 21.2 Å². The van der Waals surface area contributed by atoms with Crippen molar-refractivity contribution in [3.8, 4) is 0 Å². The fourth-order valence-electron chi connectivity index (χ4n) is 1.97. The van der Waals surface area contributed by atoms with Gasteiger partial charge in [0.1, 0.15) is 5.02 Å². The van der Waals surface area contributed by atoms with E-state index >= 15 is 0 Å². The van der Waals surface area contributed by atoms with Gasteiger partial charge in [0.15, 0.2) is 0 Å². The van der Waals surface area contributed by atoms with Gasteiger partial charge in [-0.1, -0.05) is 11.6 Å². The summed E-state index contributed by atoms with van der Waals surface area (Å²) in [7, 11) is 1.89. The van der Waals surface area contributed by atoms with Crippen LogP contribution in [0.15, 0.2) is 24.4 Å². The molecule has 20 heavy (non-hydrogen) atoms. The Morgan fingerprint density at radius 1 is 1.50 bits per heavy atom. The van der Waals surface area contributed by atoms with E-state index in [1.54, 1.807) is 12.3 Å². The number of nitro groups is 1. The number of hydrogen-bond acceptors (Lipinski definition) is 4. The number of aromatic nitrogens is 2. The molecule has 0 saturated heterocycles. The van der Waals surface area contributed by atoms with Gasteiger partial charge in [0.25, 0.3) is 5.69 Å². The third-order valence-electron chi connectivity index (χ3n) is 3.11. The Morgan fingerprint density at radius 2 is 2.25 bits per heavy atom. The van der Waals surface area contributed by atoms with Gasteiger partial charge in [-0.15, -0.1) is 0 Å². The minimum absolute atomic E-state index is 0.0682. The number of rotatable bonds is 5. The molecule has 0 amide bonds. The summed E-state index contributed by atoms with van der Waals surface area (Å²) in [5.74, 6) is 0. The minimum atomic E-state index is -0.477. The molecule has 1 aromatic heterocycles. The average molecular weight is 295 g/mol. The van der Waals surface area contributed by atoms with Crippen molar-refractivity contribution in [1.82, 2.24) is 9.78 Å². The highest BCUT2D eigenvalue weighted by Gasteiger charge is 2.14. The number of benzene rings is 1. The van der Waals surface area contributed by atoms with E-state index < -0.39 is 4.92 Å². The van der Waals surface area contributed by atoms with Gasteiger partial charge >= 0.3 is 0 Å². The Balaban J connectivity index is 2.05. The first kappa shape index (κ1) is 14.3. The van der Waals surface area contributed by atoms with Gasteiger partial charge < -0.3 is 5.32 Å². The summed E-state index contributed by atoms with van der Waals surface area (Å²) in [5.41, 5.74) is 2.65. The van der Waals surface area contributed by atoms with Gasteiger partial charge in [-0.2, -0.15) is 5.10 Å². The topological polar surface area (TPSA) is 73.0 Å². The summed E-state index contributed by atoms with van der Waals surface area (Å²) in [6.07, 6.45) is 2.56. The van der Waals surface area contributed by atoms with Gasteiger partial charge in [0.05, 0.1) is 4.92 Å². The van der Waals surface area contributed by atoms with Crippen LogP contribution in [0, 0.1) is 17.0 Å². The fourth-order valence-corrected chi connectivity index (χ4v) is 2.20. The molecule has 106 valence electrons. The Labute approximate surface area is 121 Å². The molecule has 1 aromatic carbocycles. The van der Waals surface area contributed by atoms with Crippen molar-refractivity contribution in [2.45, 2.75) is 13.3 Å². The van der Waals surface area contributed by atoms with E-state index in [-0.39, 0.29) is 10.7 Å². The zero-order valence-corrected chi connectivity index (χ0v) is 12.0. The number of hydrogen-bond donors (Lipinski definition) is 1. The first-order chi connectivity index (χ1) is 9.49. The lowest BCUT2D eigenvalue weighted by molar-refractivity contribution is -0.384. The molecule has 0 bridgehead atoms. The van der Waals surface area contributed by atoms with Crippen LogP contribution in [0.2, 0.25) is 5.02 Å². The number of anilines is 1. The number of nitrogens with one attached hydrogen (secondary N) is 1. The van der Waals surface area contributed by atoms with Crippen molar-refractivity contribution in [2.24, 2.45) is 7.05 Å². The molecule has 2 rings (SSSR count). The lowest BCUT2D eigenvalue weighted by atomic mass is 10.1. The second kappa shape index (κ2) is 5.92. The maximum atomic E-state index is 10.8. The van der Waals surface area contributed by atoms with Crippen molar-refractivity contribution in [1.29, 1.82) is 0 Å². The van der Waals surface area contributed by atoms with Crippen LogP contribution in [0.3, 0.4) is 0 Å². The standard InChI is InChI=1S/C13H15ClN4O2/c1-9-7-13(18(19)20)11(14)8-12(9)15-5-3-10-4-6-16-17(10)2/h4,6-8,15H,3,5H2,1-2H3. The smallest absolute Gasteiger partial charge is 0.288 e. The Kier molecular flexibility index (Phi) is 4.24. The van der Waals surface area contributed by atoms with E-state index in [9.17, 15) is 10.1 Å². The second-order valence-electron chi connectivity index (χ2n) is 4.50. The van der Waals surface area contributed by atoms with Crippen molar-refractivity contribution < 1.29 is 4.92 Å². The molecule has 0 aliphatic rings. The van der Waals surface area contributed by atoms with Gasteiger partial charge in [-0.3, -0.25) is 14.8 Å². The number of aryl methyl sites for hydroxylation is 2. The van der Waals surface area contributed by atoms with Crippen LogP contribution in [0.1, 0.15) is 11.3 Å². The predicted molar refractivity (Wildman–Crippen MR) is 78.2 cm³/mol. The number of nitrogens with zero attached hydrogens (tertiary/aromatic N) is 3. The minimum Gasteiger partial charge on any atom is -0.384 e. The maximum Gasteiger partial charge on any atom is 0.288 e. The lowest BCUT2D eigenvalue weighted by Gasteiger charge is -2.10. The highest BCUT2D eigenvalue weighted by molar-refractivity contribution is 6.33. The highest BCUT2D eigenvalue weighted by atomic mass is 35.5. The van der Waals surface area contributed by atoms with Crippen LogP contribution in [0.25, 0.3) is 0 Å². The molecular formula is C13H15ClN4O2. The molecule has 1 heterocycles. The van der Waals surface area contributed by atoms with Gasteiger partial charge in [-0.25, -0.2) is 0 Å². The Hall–Kier alpha value is -2.08. The first-order valence-electron chi connectivity index (χ1n) is 6.14. The van der Waals surface area contributed by atoms with Gasteiger partial charge in [0, 0.05) is 43.7 Å². The monoisotopic (exact) mass is 294 g/mol. The van der Waals surface area contributed by atoms with E-state index in [4.69, 9.17) is 11.6 Å². The van der Waals surface area contributed by atoms with Crippen LogP contribution in [0.5, 0.6) is 0 Å². The second-order valence-corrected chi connectivity index (χ2v) is 4.91. The molecule has 0 saturated carbocycles. The quantitative estimate of drug-likeness (QED) is 0.680. The summed E-state index contributed by atoms with van der Waals surface area (Å²) in [5, 5.41) is 18.3. The highest BCUT2D eigenvalue weighted by Crippen LogP contribution is 2.30. The SMILES string of the molecule is Cc1cc([N+](=O)[O-])c(Cl)cc1NCCc1ccnn1C. The molecule has 0 radical (unpaired) electrons. The summed E-state index contributed by atoms with van der Waals surface area (Å²) in [6, 6.07) is 5.03. The number of halogens is 1. The largest absolute Gasteiger partial charge is 0.384 e. The first-order valence-corrected chi connectivity index (χ1v) is 6.52. The molecule has 0 fully saturated rings. The summed E-state index contributed by atoms with van der Waals surface area (Å²) in [4.78, 5) is 10.3. The molecule has 0 aliphatic heterocycles. The predicted octanol–water partition coefficient (Wildman–Crippen LogP) is 2.94. The van der Waals surface area contributed by atoms with E-state index in [2.05, 4.69) is 10.4 Å². The normalized spacial score (nSPS) is 10.6. The van der Waals surface area contributed by atoms with Gasteiger partial charge in [-0.05, 0) is 24.6 Å². The summed E-state index contributed by atoms with van der Waals surface area (Å²) < 4.78 is 1.82. The Bertz CT molecular complexity index is 639. The maximum absolute atomic E-state index is 10.8.